The van der Waals surface area contributed by atoms with Crippen LogP contribution in [0.25, 0.3) is 11.3 Å². The lowest BCUT2D eigenvalue weighted by atomic mass is 10.1. The van der Waals surface area contributed by atoms with E-state index in [0.717, 1.165) is 14.8 Å². The largest absolute Gasteiger partial charge is 0.326 e. The van der Waals surface area contributed by atoms with Crippen molar-refractivity contribution in [1.82, 2.24) is 9.97 Å². The van der Waals surface area contributed by atoms with Gasteiger partial charge in [-0.15, -0.1) is 0 Å². The zero-order valence-corrected chi connectivity index (χ0v) is 20.9. The van der Waals surface area contributed by atoms with Crippen LogP contribution >= 0.6 is 34.2 Å². The molecule has 0 saturated carbocycles. The average Bonchev–Trinajstić information content (AvgIpc) is 2.81. The molecule has 0 spiro atoms. The maximum absolute atomic E-state index is 12.7. The molecule has 0 bridgehead atoms. The number of nitrogens with zero attached hydrogens (tertiary/aromatic N) is 2. The quantitative estimate of drug-likeness (QED) is 0.230. The number of benzene rings is 3. The topological polar surface area (TPSA) is 96.0 Å². The Bertz CT molecular complexity index is 1360. The first kappa shape index (κ1) is 23.7. The molecule has 0 atom stereocenters. The summed E-state index contributed by atoms with van der Waals surface area (Å²) in [5, 5.41) is 9.20. The lowest BCUT2D eigenvalue weighted by Gasteiger charge is -2.11. The van der Waals surface area contributed by atoms with Crippen molar-refractivity contribution in [3.8, 4) is 11.3 Å². The molecular weight excluding hydrogens is 565 g/mol. The standard InChI is InChI=1S/C25H19ClIN5O2/c1-15(33)29-17-10-8-16(9-11-17)22-12-13-28-25(32-22)31-19-5-2-4-18(14-19)30-24(34)20-6-3-7-21(27)23(20)26/h2-14H,1H3,(H,29,33)(H,30,34)(H,28,31,32). The number of amides is 2. The van der Waals surface area contributed by atoms with Crippen LogP contribution in [0.1, 0.15) is 17.3 Å². The average molecular weight is 584 g/mol. The predicted molar refractivity (Wildman–Crippen MR) is 144 cm³/mol. The summed E-state index contributed by atoms with van der Waals surface area (Å²) in [5.41, 5.74) is 4.06. The summed E-state index contributed by atoms with van der Waals surface area (Å²) in [7, 11) is 0. The monoisotopic (exact) mass is 583 g/mol. The van der Waals surface area contributed by atoms with Crippen molar-refractivity contribution >= 4 is 69.0 Å². The van der Waals surface area contributed by atoms with Crippen molar-refractivity contribution in [3.63, 3.8) is 0 Å². The second kappa shape index (κ2) is 10.6. The first-order chi connectivity index (χ1) is 16.4. The van der Waals surface area contributed by atoms with Gasteiger partial charge in [-0.25, -0.2) is 9.97 Å². The van der Waals surface area contributed by atoms with Crippen LogP contribution in [0.3, 0.4) is 0 Å². The Kier molecular flexibility index (Phi) is 7.39. The number of halogens is 2. The summed E-state index contributed by atoms with van der Waals surface area (Å²) in [6, 6.07) is 21.8. The van der Waals surface area contributed by atoms with Gasteiger partial charge in [0.2, 0.25) is 11.9 Å². The van der Waals surface area contributed by atoms with E-state index in [1.807, 2.05) is 42.5 Å². The summed E-state index contributed by atoms with van der Waals surface area (Å²) in [6.07, 6.45) is 1.66. The number of hydrogen-bond acceptors (Lipinski definition) is 5. The highest BCUT2D eigenvalue weighted by Gasteiger charge is 2.13. The van der Waals surface area contributed by atoms with Gasteiger partial charge < -0.3 is 16.0 Å². The van der Waals surface area contributed by atoms with Crippen molar-refractivity contribution in [2.24, 2.45) is 0 Å². The smallest absolute Gasteiger partial charge is 0.257 e. The molecular formula is C25H19ClIN5O2. The number of aromatic nitrogens is 2. The molecule has 4 rings (SSSR count). The van der Waals surface area contributed by atoms with Gasteiger partial charge in [0.1, 0.15) is 0 Å². The third kappa shape index (κ3) is 5.89. The van der Waals surface area contributed by atoms with Crippen LogP contribution in [0.4, 0.5) is 23.0 Å². The Labute approximate surface area is 215 Å². The molecule has 0 fully saturated rings. The summed E-state index contributed by atoms with van der Waals surface area (Å²) in [5.74, 6) is -0.00416. The summed E-state index contributed by atoms with van der Waals surface area (Å²) in [4.78, 5) is 32.7. The normalized spacial score (nSPS) is 10.4. The highest BCUT2D eigenvalue weighted by atomic mass is 127. The van der Waals surface area contributed by atoms with Gasteiger partial charge in [-0.1, -0.05) is 35.9 Å². The maximum atomic E-state index is 12.7. The van der Waals surface area contributed by atoms with Crippen molar-refractivity contribution in [2.45, 2.75) is 6.92 Å². The molecule has 0 unspecified atom stereocenters. The number of hydrogen-bond donors (Lipinski definition) is 3. The third-order valence-corrected chi connectivity index (χ3v) is 6.35. The molecule has 3 N–H and O–H groups in total. The van der Waals surface area contributed by atoms with E-state index in [1.54, 1.807) is 36.5 Å². The van der Waals surface area contributed by atoms with Crippen LogP contribution in [0, 0.1) is 3.57 Å². The van der Waals surface area contributed by atoms with Crippen molar-refractivity contribution in [3.05, 3.63) is 93.1 Å². The fourth-order valence-electron chi connectivity index (χ4n) is 3.19. The molecule has 0 aliphatic carbocycles. The summed E-state index contributed by atoms with van der Waals surface area (Å²) in [6.45, 7) is 1.47. The van der Waals surface area contributed by atoms with Gasteiger partial charge in [-0.05, 0) is 71.1 Å². The lowest BCUT2D eigenvalue weighted by Crippen LogP contribution is -2.13. The third-order valence-electron chi connectivity index (χ3n) is 4.73. The zero-order valence-electron chi connectivity index (χ0n) is 18.0. The second-order valence-corrected chi connectivity index (χ2v) is 8.83. The minimum absolute atomic E-state index is 0.124. The molecule has 2 amide bonds. The first-order valence-electron chi connectivity index (χ1n) is 10.2. The molecule has 0 saturated heterocycles. The molecule has 3 aromatic carbocycles. The van der Waals surface area contributed by atoms with Crippen LogP contribution in [-0.2, 0) is 4.79 Å². The molecule has 0 radical (unpaired) electrons. The van der Waals surface area contributed by atoms with E-state index < -0.39 is 0 Å². The maximum Gasteiger partial charge on any atom is 0.257 e. The van der Waals surface area contributed by atoms with Gasteiger partial charge >= 0.3 is 0 Å². The molecule has 0 aliphatic rings. The van der Waals surface area contributed by atoms with E-state index in [4.69, 9.17) is 11.6 Å². The molecule has 7 nitrogen and oxygen atoms in total. The first-order valence-corrected chi connectivity index (χ1v) is 11.7. The van der Waals surface area contributed by atoms with E-state index in [9.17, 15) is 9.59 Å². The number of anilines is 4. The minimum Gasteiger partial charge on any atom is -0.326 e. The minimum atomic E-state index is -0.290. The van der Waals surface area contributed by atoms with E-state index >= 15 is 0 Å². The zero-order chi connectivity index (χ0) is 24.1. The van der Waals surface area contributed by atoms with Crippen molar-refractivity contribution in [1.29, 1.82) is 0 Å². The van der Waals surface area contributed by atoms with Crippen LogP contribution < -0.4 is 16.0 Å². The Balaban J connectivity index is 1.48. The Hall–Kier alpha value is -3.50. The van der Waals surface area contributed by atoms with Gasteiger partial charge in [0.05, 0.1) is 16.3 Å². The molecule has 9 heteroatoms. The van der Waals surface area contributed by atoms with Crippen LogP contribution in [0.15, 0.2) is 79.0 Å². The number of rotatable bonds is 6. The SMILES string of the molecule is CC(=O)Nc1ccc(-c2ccnc(Nc3cccc(NC(=O)c4cccc(I)c4Cl)c3)n2)cc1. The Morgan fingerprint density at radius 1 is 0.882 bits per heavy atom. The fraction of sp³-hybridized carbons (Fsp3) is 0.0400. The van der Waals surface area contributed by atoms with Gasteiger partial charge in [0.25, 0.3) is 5.91 Å². The van der Waals surface area contributed by atoms with Crippen LogP contribution in [0.2, 0.25) is 5.02 Å². The van der Waals surface area contributed by atoms with E-state index in [2.05, 4.69) is 48.5 Å². The molecule has 1 aromatic heterocycles. The van der Waals surface area contributed by atoms with Crippen LogP contribution in [0.5, 0.6) is 0 Å². The fourth-order valence-corrected chi connectivity index (χ4v) is 3.90. The van der Waals surface area contributed by atoms with Gasteiger partial charge in [0.15, 0.2) is 0 Å². The Morgan fingerprint density at radius 2 is 1.62 bits per heavy atom. The molecule has 0 aliphatic heterocycles. The van der Waals surface area contributed by atoms with E-state index in [0.29, 0.717) is 33.6 Å². The molecule has 4 aromatic rings. The van der Waals surface area contributed by atoms with Crippen molar-refractivity contribution < 1.29 is 9.59 Å². The number of nitrogens with one attached hydrogen (secondary N) is 3. The van der Waals surface area contributed by atoms with Crippen LogP contribution in [-0.4, -0.2) is 21.8 Å². The summed E-state index contributed by atoms with van der Waals surface area (Å²) >= 11 is 8.37. The van der Waals surface area contributed by atoms with E-state index in [1.165, 1.54) is 6.92 Å². The molecule has 34 heavy (non-hydrogen) atoms. The van der Waals surface area contributed by atoms with Gasteiger partial charge in [-0.2, -0.15) is 0 Å². The lowest BCUT2D eigenvalue weighted by molar-refractivity contribution is -0.114. The summed E-state index contributed by atoms with van der Waals surface area (Å²) < 4.78 is 0.809. The van der Waals surface area contributed by atoms with Gasteiger partial charge in [-0.3, -0.25) is 9.59 Å². The van der Waals surface area contributed by atoms with Crippen molar-refractivity contribution in [2.75, 3.05) is 16.0 Å². The second-order valence-electron chi connectivity index (χ2n) is 7.29. The highest BCUT2D eigenvalue weighted by molar-refractivity contribution is 14.1. The van der Waals surface area contributed by atoms with E-state index in [-0.39, 0.29) is 11.8 Å². The molecule has 170 valence electrons. The number of carbonyl (C=O) groups excluding carboxylic acids is 2. The molecule has 1 heterocycles. The van der Waals surface area contributed by atoms with Gasteiger partial charge in [0, 0.05) is 39.3 Å². The predicted octanol–water partition coefficient (Wildman–Crippen LogP) is 6.36. The highest BCUT2D eigenvalue weighted by Crippen LogP contribution is 2.25. The Morgan fingerprint density at radius 3 is 2.38 bits per heavy atom. The number of carbonyl (C=O) groups is 2.